The molecule has 2 aromatic heterocycles. The number of nitrogens with zero attached hydrogens (tertiary/aromatic N) is 3. The van der Waals surface area contributed by atoms with Gasteiger partial charge in [-0.25, -0.2) is 0 Å². The number of anilines is 1. The van der Waals surface area contributed by atoms with Gasteiger partial charge in [0.1, 0.15) is 4.92 Å². The molecule has 0 aromatic carbocycles. The van der Waals surface area contributed by atoms with E-state index in [2.05, 4.69) is 15.5 Å². The molecule has 0 spiro atoms. The molecule has 100 valence electrons. The predicted molar refractivity (Wildman–Crippen MR) is 68.4 cm³/mol. The van der Waals surface area contributed by atoms with Crippen molar-refractivity contribution in [3.8, 4) is 10.8 Å². The monoisotopic (exact) mass is 322 g/mol. The number of alkyl halides is 2. The average Bonchev–Trinajstić information content (AvgIpc) is 2.95. The van der Waals surface area contributed by atoms with Crippen molar-refractivity contribution in [3.63, 3.8) is 0 Å². The Morgan fingerprint density at radius 2 is 2.21 bits per heavy atom. The molecule has 0 radical (unpaired) electrons. The van der Waals surface area contributed by atoms with Crippen molar-refractivity contribution < 1.29 is 14.1 Å². The van der Waals surface area contributed by atoms with Gasteiger partial charge in [-0.3, -0.25) is 20.2 Å². The Balaban J connectivity index is 2.16. The number of carbonyl (C=O) groups is 1. The molecule has 0 aliphatic rings. The summed E-state index contributed by atoms with van der Waals surface area (Å²) in [4.78, 5) is 19.8. The first kappa shape index (κ1) is 13.7. The van der Waals surface area contributed by atoms with Crippen LogP contribution >= 0.6 is 34.5 Å². The van der Waals surface area contributed by atoms with Crippen LogP contribution in [0.1, 0.15) is 0 Å². The summed E-state index contributed by atoms with van der Waals surface area (Å²) in [7, 11) is 0. The number of furan rings is 1. The highest BCUT2D eigenvalue weighted by atomic mass is 35.5. The third-order valence-electron chi connectivity index (χ3n) is 1.84. The highest BCUT2D eigenvalue weighted by Crippen LogP contribution is 2.30. The van der Waals surface area contributed by atoms with E-state index in [1.807, 2.05) is 0 Å². The van der Waals surface area contributed by atoms with Crippen molar-refractivity contribution in [2.75, 3.05) is 5.32 Å². The summed E-state index contributed by atoms with van der Waals surface area (Å²) >= 11 is 11.7. The fourth-order valence-electron chi connectivity index (χ4n) is 1.07. The first-order chi connectivity index (χ1) is 8.97. The van der Waals surface area contributed by atoms with Crippen molar-refractivity contribution in [2.45, 2.75) is 4.84 Å². The molecule has 0 aliphatic carbocycles. The van der Waals surface area contributed by atoms with E-state index in [-0.39, 0.29) is 15.9 Å². The van der Waals surface area contributed by atoms with E-state index in [1.165, 1.54) is 12.1 Å². The van der Waals surface area contributed by atoms with Crippen LogP contribution in [0.4, 0.5) is 11.0 Å². The van der Waals surface area contributed by atoms with E-state index in [9.17, 15) is 14.9 Å². The average molecular weight is 323 g/mol. The van der Waals surface area contributed by atoms with Crippen LogP contribution in [0.3, 0.4) is 0 Å². The number of hydrogen-bond acceptors (Lipinski definition) is 7. The van der Waals surface area contributed by atoms with Gasteiger partial charge in [-0.1, -0.05) is 34.5 Å². The van der Waals surface area contributed by atoms with Crippen LogP contribution in [0.15, 0.2) is 16.5 Å². The van der Waals surface area contributed by atoms with Crippen LogP contribution < -0.4 is 5.32 Å². The number of rotatable bonds is 4. The standard InChI is InChI=1S/C8H4Cl2N4O4S/c9-5(10)6(15)11-8-13-12-7(19-8)3-1-2-4(18-3)14(16)17/h1-2,5H,(H,11,13,15). The van der Waals surface area contributed by atoms with Crippen molar-refractivity contribution in [2.24, 2.45) is 0 Å². The Hall–Kier alpha value is -1.71. The highest BCUT2D eigenvalue weighted by Gasteiger charge is 2.18. The second-order valence-corrected chi connectivity index (χ2v) is 5.17. The summed E-state index contributed by atoms with van der Waals surface area (Å²) in [5, 5.41) is 20.6. The smallest absolute Gasteiger partial charge is 0.398 e. The third-order valence-corrected chi connectivity index (χ3v) is 3.09. The highest BCUT2D eigenvalue weighted by molar-refractivity contribution is 7.18. The maximum atomic E-state index is 11.2. The minimum absolute atomic E-state index is 0.158. The number of hydrogen-bond donors (Lipinski definition) is 1. The molecule has 0 saturated carbocycles. The second-order valence-electron chi connectivity index (χ2n) is 3.10. The van der Waals surface area contributed by atoms with E-state index in [0.29, 0.717) is 0 Å². The first-order valence-electron chi connectivity index (χ1n) is 4.64. The van der Waals surface area contributed by atoms with Gasteiger partial charge < -0.3 is 4.42 Å². The Labute approximate surface area is 119 Å². The number of amides is 1. The van der Waals surface area contributed by atoms with Gasteiger partial charge in [0, 0.05) is 0 Å². The normalized spacial score (nSPS) is 10.7. The van der Waals surface area contributed by atoms with E-state index in [1.54, 1.807) is 0 Å². The van der Waals surface area contributed by atoms with Crippen LogP contribution in [0.2, 0.25) is 0 Å². The van der Waals surface area contributed by atoms with E-state index in [0.717, 1.165) is 11.3 Å². The van der Waals surface area contributed by atoms with Crippen LogP contribution in [0.5, 0.6) is 0 Å². The lowest BCUT2D eigenvalue weighted by atomic mass is 10.5. The summed E-state index contributed by atoms with van der Waals surface area (Å²) in [6.45, 7) is 0. The topological polar surface area (TPSA) is 111 Å². The molecule has 0 bridgehead atoms. The molecule has 0 fully saturated rings. The fraction of sp³-hybridized carbons (Fsp3) is 0.125. The Bertz CT molecular complexity index is 626. The molecule has 1 amide bonds. The minimum atomic E-state index is -1.22. The lowest BCUT2D eigenvalue weighted by molar-refractivity contribution is -0.401. The summed E-state index contributed by atoms with van der Waals surface area (Å²) in [6.07, 6.45) is 0. The molecule has 1 N–H and O–H groups in total. The van der Waals surface area contributed by atoms with Gasteiger partial charge >= 0.3 is 5.88 Å². The zero-order valence-electron chi connectivity index (χ0n) is 8.87. The molecule has 2 heterocycles. The number of nitrogens with one attached hydrogen (secondary N) is 1. The van der Waals surface area contributed by atoms with Crippen molar-refractivity contribution >= 4 is 51.5 Å². The minimum Gasteiger partial charge on any atom is -0.398 e. The Kier molecular flexibility index (Phi) is 3.98. The maximum Gasteiger partial charge on any atom is 0.433 e. The number of aromatic nitrogens is 2. The predicted octanol–water partition coefficient (Wildman–Crippen LogP) is 2.45. The van der Waals surface area contributed by atoms with Crippen molar-refractivity contribution in [1.29, 1.82) is 0 Å². The number of carbonyl (C=O) groups excluding carboxylic acids is 1. The quantitative estimate of drug-likeness (QED) is 0.525. The third kappa shape index (κ3) is 3.19. The molecule has 8 nitrogen and oxygen atoms in total. The zero-order valence-corrected chi connectivity index (χ0v) is 11.2. The van der Waals surface area contributed by atoms with Gasteiger partial charge in [0.2, 0.25) is 5.13 Å². The van der Waals surface area contributed by atoms with E-state index < -0.39 is 21.6 Å². The Morgan fingerprint density at radius 3 is 2.79 bits per heavy atom. The van der Waals surface area contributed by atoms with Crippen LogP contribution in [0.25, 0.3) is 10.8 Å². The van der Waals surface area contributed by atoms with Crippen molar-refractivity contribution in [3.05, 3.63) is 22.2 Å². The van der Waals surface area contributed by atoms with Gasteiger partial charge in [0.05, 0.1) is 6.07 Å². The number of nitro groups is 1. The molecule has 0 atom stereocenters. The molecule has 0 unspecified atom stereocenters. The Morgan fingerprint density at radius 1 is 1.47 bits per heavy atom. The lowest BCUT2D eigenvalue weighted by Gasteiger charge is -1.98. The van der Waals surface area contributed by atoms with Crippen LogP contribution in [-0.2, 0) is 4.79 Å². The van der Waals surface area contributed by atoms with Gasteiger partial charge in [-0.2, -0.15) is 0 Å². The van der Waals surface area contributed by atoms with Gasteiger partial charge in [0.15, 0.2) is 15.6 Å². The lowest BCUT2D eigenvalue weighted by Crippen LogP contribution is -2.18. The van der Waals surface area contributed by atoms with Gasteiger partial charge in [-0.15, -0.1) is 10.2 Å². The molecule has 2 aromatic rings. The maximum absolute atomic E-state index is 11.2. The second kappa shape index (κ2) is 5.51. The molecule has 0 aliphatic heterocycles. The summed E-state index contributed by atoms with van der Waals surface area (Å²) in [5.74, 6) is -0.869. The molecule has 11 heteroatoms. The first-order valence-corrected chi connectivity index (χ1v) is 6.33. The van der Waals surface area contributed by atoms with E-state index >= 15 is 0 Å². The van der Waals surface area contributed by atoms with Crippen molar-refractivity contribution in [1.82, 2.24) is 10.2 Å². The number of halogens is 2. The van der Waals surface area contributed by atoms with Crippen LogP contribution in [-0.4, -0.2) is 25.9 Å². The molecular formula is C8H4Cl2N4O4S. The van der Waals surface area contributed by atoms with Gasteiger partial charge in [-0.05, 0) is 6.07 Å². The van der Waals surface area contributed by atoms with Gasteiger partial charge in [0.25, 0.3) is 5.91 Å². The summed E-state index contributed by atoms with van der Waals surface area (Å²) in [5.41, 5.74) is 0. The van der Waals surface area contributed by atoms with E-state index in [4.69, 9.17) is 27.6 Å². The van der Waals surface area contributed by atoms with Crippen LogP contribution in [0, 0.1) is 10.1 Å². The summed E-state index contributed by atoms with van der Waals surface area (Å²) < 4.78 is 4.94. The zero-order chi connectivity index (χ0) is 14.0. The summed E-state index contributed by atoms with van der Waals surface area (Å²) in [6, 6.07) is 2.58. The largest absolute Gasteiger partial charge is 0.433 e. The molecule has 0 saturated heterocycles. The molecule has 19 heavy (non-hydrogen) atoms. The fourth-order valence-corrected chi connectivity index (χ4v) is 1.89. The SMILES string of the molecule is O=C(Nc1nnc(-c2ccc([N+](=O)[O-])o2)s1)C(Cl)Cl. The molecule has 2 rings (SSSR count). The molecular weight excluding hydrogens is 319 g/mol.